The first kappa shape index (κ1) is 13.4. The summed E-state index contributed by atoms with van der Waals surface area (Å²) < 4.78 is 45.3. The van der Waals surface area contributed by atoms with E-state index >= 15 is 0 Å². The average molecular weight is 262 g/mol. The number of hydrogen-bond acceptors (Lipinski definition) is 2. The average Bonchev–Trinajstić information content (AvgIpc) is 2.74. The molecule has 0 spiro atoms. The van der Waals surface area contributed by atoms with Gasteiger partial charge in [-0.3, -0.25) is 4.68 Å². The zero-order valence-corrected chi connectivity index (χ0v) is 10.5. The summed E-state index contributed by atoms with van der Waals surface area (Å²) in [4.78, 5) is 0. The minimum absolute atomic E-state index is 0.00723. The summed E-state index contributed by atoms with van der Waals surface area (Å²) in [5.74, 6) is -0.00723. The van der Waals surface area contributed by atoms with Crippen molar-refractivity contribution in [1.29, 1.82) is 0 Å². The molecular formula is C12H17F3N2O. The van der Waals surface area contributed by atoms with Crippen LogP contribution in [0.15, 0.2) is 6.07 Å². The first-order chi connectivity index (χ1) is 8.39. The van der Waals surface area contributed by atoms with Gasteiger partial charge in [-0.05, 0) is 24.8 Å². The van der Waals surface area contributed by atoms with E-state index in [0.717, 1.165) is 4.68 Å². The number of rotatable bonds is 2. The molecule has 0 aromatic carbocycles. The van der Waals surface area contributed by atoms with Gasteiger partial charge in [-0.1, -0.05) is 13.8 Å². The highest BCUT2D eigenvalue weighted by Gasteiger charge is 2.38. The van der Waals surface area contributed by atoms with E-state index in [2.05, 4.69) is 5.10 Å². The van der Waals surface area contributed by atoms with Crippen molar-refractivity contribution in [2.24, 2.45) is 0 Å². The summed E-state index contributed by atoms with van der Waals surface area (Å²) in [7, 11) is 0. The van der Waals surface area contributed by atoms with Crippen molar-refractivity contribution in [3.05, 3.63) is 17.5 Å². The van der Waals surface area contributed by atoms with E-state index in [1.165, 1.54) is 6.07 Å². The maximum Gasteiger partial charge on any atom is 0.433 e. The molecule has 0 N–H and O–H groups in total. The van der Waals surface area contributed by atoms with Gasteiger partial charge in [-0.25, -0.2) is 0 Å². The van der Waals surface area contributed by atoms with Gasteiger partial charge in [0.25, 0.3) is 0 Å². The topological polar surface area (TPSA) is 27.1 Å². The lowest BCUT2D eigenvalue weighted by atomic mass is 10.1. The molecule has 102 valence electrons. The molecule has 1 aromatic heterocycles. The minimum Gasteiger partial charge on any atom is -0.381 e. The first-order valence-corrected chi connectivity index (χ1v) is 6.14. The predicted octanol–water partition coefficient (Wildman–Crippen LogP) is 3.38. The Balaban J connectivity index is 2.37. The van der Waals surface area contributed by atoms with Crippen molar-refractivity contribution in [2.75, 3.05) is 13.2 Å². The van der Waals surface area contributed by atoms with Crippen LogP contribution in [0.1, 0.15) is 50.0 Å². The fourth-order valence-electron chi connectivity index (χ4n) is 2.12. The third kappa shape index (κ3) is 2.68. The van der Waals surface area contributed by atoms with Gasteiger partial charge < -0.3 is 4.74 Å². The highest BCUT2D eigenvalue weighted by atomic mass is 19.4. The van der Waals surface area contributed by atoms with Crippen molar-refractivity contribution >= 4 is 0 Å². The second kappa shape index (κ2) is 4.91. The molecule has 2 heterocycles. The van der Waals surface area contributed by atoms with Crippen molar-refractivity contribution < 1.29 is 17.9 Å². The normalized spacial score (nSPS) is 18.6. The van der Waals surface area contributed by atoms with E-state index < -0.39 is 11.9 Å². The molecule has 1 aliphatic heterocycles. The summed E-state index contributed by atoms with van der Waals surface area (Å²) in [5.41, 5.74) is -0.146. The van der Waals surface area contributed by atoms with E-state index in [1.54, 1.807) is 0 Å². The van der Waals surface area contributed by atoms with Gasteiger partial charge in [0.05, 0.1) is 11.7 Å². The zero-order valence-electron chi connectivity index (χ0n) is 10.5. The lowest BCUT2D eigenvalue weighted by Crippen LogP contribution is -2.25. The fraction of sp³-hybridized carbons (Fsp3) is 0.750. The molecule has 3 nitrogen and oxygen atoms in total. The fourth-order valence-corrected chi connectivity index (χ4v) is 2.12. The van der Waals surface area contributed by atoms with Crippen LogP contribution in [0.3, 0.4) is 0 Å². The molecule has 2 rings (SSSR count). The van der Waals surface area contributed by atoms with Crippen LogP contribution in [-0.2, 0) is 10.9 Å². The van der Waals surface area contributed by atoms with Crippen molar-refractivity contribution in [3.8, 4) is 0 Å². The summed E-state index contributed by atoms with van der Waals surface area (Å²) in [5, 5.41) is 4.14. The van der Waals surface area contributed by atoms with Crippen LogP contribution in [0.4, 0.5) is 13.2 Å². The van der Waals surface area contributed by atoms with Gasteiger partial charge in [0.2, 0.25) is 0 Å². The minimum atomic E-state index is -4.35. The molecule has 0 unspecified atom stereocenters. The van der Waals surface area contributed by atoms with E-state index in [-0.39, 0.29) is 12.0 Å². The quantitative estimate of drug-likeness (QED) is 0.817. The number of aromatic nitrogens is 2. The smallest absolute Gasteiger partial charge is 0.381 e. The summed E-state index contributed by atoms with van der Waals surface area (Å²) in [6, 6.07) is 0.961. The molecule has 0 radical (unpaired) electrons. The van der Waals surface area contributed by atoms with Gasteiger partial charge in [0.1, 0.15) is 5.69 Å². The summed E-state index contributed by atoms with van der Waals surface area (Å²) in [6.07, 6.45) is -3.18. The molecular weight excluding hydrogens is 245 g/mol. The van der Waals surface area contributed by atoms with Crippen LogP contribution in [0.25, 0.3) is 0 Å². The summed E-state index contributed by atoms with van der Waals surface area (Å²) in [6.45, 7) is 4.69. The Labute approximate surface area is 104 Å². The van der Waals surface area contributed by atoms with E-state index in [4.69, 9.17) is 4.74 Å². The monoisotopic (exact) mass is 262 g/mol. The second-order valence-electron chi connectivity index (χ2n) is 4.90. The Hall–Kier alpha value is -1.04. The third-order valence-electron chi connectivity index (χ3n) is 3.17. The number of hydrogen-bond donors (Lipinski definition) is 0. The maximum absolute atomic E-state index is 13.0. The van der Waals surface area contributed by atoms with Crippen LogP contribution >= 0.6 is 0 Å². The molecule has 6 heteroatoms. The van der Waals surface area contributed by atoms with Crippen LogP contribution < -0.4 is 0 Å². The zero-order chi connectivity index (χ0) is 13.3. The van der Waals surface area contributed by atoms with Crippen molar-refractivity contribution in [3.63, 3.8) is 0 Å². The van der Waals surface area contributed by atoms with Gasteiger partial charge in [0.15, 0.2) is 0 Å². The van der Waals surface area contributed by atoms with Gasteiger partial charge in [-0.15, -0.1) is 0 Å². The molecule has 1 fully saturated rings. The van der Waals surface area contributed by atoms with E-state index in [9.17, 15) is 13.2 Å². The molecule has 1 saturated heterocycles. The molecule has 0 amide bonds. The Morgan fingerprint density at radius 2 is 1.94 bits per heavy atom. The number of nitrogens with zero attached hydrogens (tertiary/aromatic N) is 2. The Morgan fingerprint density at radius 1 is 1.33 bits per heavy atom. The Morgan fingerprint density at radius 3 is 2.44 bits per heavy atom. The highest BCUT2D eigenvalue weighted by Crippen LogP contribution is 2.35. The van der Waals surface area contributed by atoms with Gasteiger partial charge in [0, 0.05) is 13.2 Å². The standard InChI is InChI=1S/C12H17F3N2O/c1-8(2)10-7-11(12(13,14)15)17(16-10)9-3-5-18-6-4-9/h7-9H,3-6H2,1-2H3. The van der Waals surface area contributed by atoms with Crippen LogP contribution in [-0.4, -0.2) is 23.0 Å². The molecule has 0 aliphatic carbocycles. The van der Waals surface area contributed by atoms with Gasteiger partial charge in [-0.2, -0.15) is 18.3 Å². The van der Waals surface area contributed by atoms with E-state index in [1.807, 2.05) is 13.8 Å². The molecule has 0 bridgehead atoms. The lowest BCUT2D eigenvalue weighted by molar-refractivity contribution is -0.145. The van der Waals surface area contributed by atoms with Crippen LogP contribution in [0.5, 0.6) is 0 Å². The third-order valence-corrected chi connectivity index (χ3v) is 3.17. The predicted molar refractivity (Wildman–Crippen MR) is 60.4 cm³/mol. The van der Waals surface area contributed by atoms with Crippen molar-refractivity contribution in [2.45, 2.75) is 44.8 Å². The van der Waals surface area contributed by atoms with Crippen LogP contribution in [0.2, 0.25) is 0 Å². The molecule has 0 atom stereocenters. The number of ether oxygens (including phenoxy) is 1. The largest absolute Gasteiger partial charge is 0.433 e. The lowest BCUT2D eigenvalue weighted by Gasteiger charge is -2.24. The van der Waals surface area contributed by atoms with E-state index in [0.29, 0.717) is 31.7 Å². The SMILES string of the molecule is CC(C)c1cc(C(F)(F)F)n(C2CCOCC2)n1. The highest BCUT2D eigenvalue weighted by molar-refractivity contribution is 5.17. The maximum atomic E-state index is 13.0. The molecule has 1 aromatic rings. The number of alkyl halides is 3. The van der Waals surface area contributed by atoms with Crippen molar-refractivity contribution in [1.82, 2.24) is 9.78 Å². The molecule has 1 aliphatic rings. The molecule has 18 heavy (non-hydrogen) atoms. The number of halogens is 3. The van der Waals surface area contributed by atoms with Gasteiger partial charge >= 0.3 is 6.18 Å². The second-order valence-corrected chi connectivity index (χ2v) is 4.90. The van der Waals surface area contributed by atoms with Crippen LogP contribution in [0, 0.1) is 0 Å². The Kier molecular flexibility index (Phi) is 3.66. The molecule has 0 saturated carbocycles. The summed E-state index contributed by atoms with van der Waals surface area (Å²) >= 11 is 0. The Bertz CT molecular complexity index is 406. The first-order valence-electron chi connectivity index (χ1n) is 6.14.